The van der Waals surface area contributed by atoms with Crippen LogP contribution in [-0.4, -0.2) is 11.1 Å². The third kappa shape index (κ3) is 5.36. The third-order valence-corrected chi connectivity index (χ3v) is 5.27. The smallest absolute Gasteiger partial charge is 0.264 e. The molecular weight excluding hydrogens is 380 g/mol. The number of rotatable bonds is 6. The Balaban J connectivity index is 1.36. The van der Waals surface area contributed by atoms with Gasteiger partial charge in [0.25, 0.3) is 5.91 Å². The Labute approximate surface area is 174 Å². The zero-order valence-electron chi connectivity index (χ0n) is 15.7. The minimum Gasteiger partial charge on any atom is -0.489 e. The zero-order valence-corrected chi connectivity index (χ0v) is 16.6. The van der Waals surface area contributed by atoms with E-state index < -0.39 is 0 Å². The molecule has 0 saturated carbocycles. The summed E-state index contributed by atoms with van der Waals surface area (Å²) < 4.78 is 5.80. The molecule has 1 heterocycles. The quantitative estimate of drug-likeness (QED) is 0.591. The molecule has 1 aliphatic heterocycles. The van der Waals surface area contributed by atoms with Gasteiger partial charge >= 0.3 is 0 Å². The van der Waals surface area contributed by atoms with Crippen molar-refractivity contribution in [2.45, 2.75) is 13.2 Å². The predicted molar refractivity (Wildman–Crippen MR) is 119 cm³/mol. The Morgan fingerprint density at radius 2 is 1.52 bits per heavy atom. The van der Waals surface area contributed by atoms with Crippen molar-refractivity contribution in [3.8, 4) is 5.75 Å². The molecule has 29 heavy (non-hydrogen) atoms. The fourth-order valence-corrected chi connectivity index (χ4v) is 3.62. The Hall–Kier alpha value is -3.31. The number of carbonyl (C=O) groups is 1. The van der Waals surface area contributed by atoms with E-state index in [0.29, 0.717) is 23.2 Å². The molecule has 3 aromatic carbocycles. The van der Waals surface area contributed by atoms with Crippen LogP contribution in [-0.2, 0) is 17.9 Å². The van der Waals surface area contributed by atoms with Gasteiger partial charge in [0.2, 0.25) is 0 Å². The molecule has 0 aliphatic carbocycles. The predicted octanol–water partition coefficient (Wildman–Crippen LogP) is 5.03. The molecule has 1 N–H and O–H groups in total. The zero-order chi connectivity index (χ0) is 19.9. The summed E-state index contributed by atoms with van der Waals surface area (Å²) in [5, 5.41) is 3.46. The van der Waals surface area contributed by atoms with Crippen molar-refractivity contribution < 1.29 is 9.53 Å². The largest absolute Gasteiger partial charge is 0.489 e. The highest BCUT2D eigenvalue weighted by atomic mass is 32.2. The van der Waals surface area contributed by atoms with Crippen LogP contribution >= 0.6 is 11.8 Å². The first kappa shape index (κ1) is 19.0. The first-order valence-corrected chi connectivity index (χ1v) is 10.1. The molecule has 1 saturated heterocycles. The number of thioether (sulfide) groups is 1. The number of amidine groups is 1. The van der Waals surface area contributed by atoms with Crippen LogP contribution in [0.15, 0.2) is 94.8 Å². The summed E-state index contributed by atoms with van der Waals surface area (Å²) in [6, 6.07) is 27.7. The molecule has 1 amide bonds. The molecule has 4 nitrogen and oxygen atoms in total. The van der Waals surface area contributed by atoms with Gasteiger partial charge in [0.15, 0.2) is 5.17 Å². The summed E-state index contributed by atoms with van der Waals surface area (Å²) in [5.41, 5.74) is 3.18. The number of ether oxygens (including phenoxy) is 1. The molecule has 0 radical (unpaired) electrons. The molecule has 1 fully saturated rings. The SMILES string of the molecule is O=C1NC(=NCc2ccccc2)S/C1=C\c1ccc(OCc2ccccc2)cc1. The summed E-state index contributed by atoms with van der Waals surface area (Å²) >= 11 is 1.36. The van der Waals surface area contributed by atoms with E-state index in [-0.39, 0.29) is 5.91 Å². The van der Waals surface area contributed by atoms with E-state index in [9.17, 15) is 4.79 Å². The number of benzene rings is 3. The van der Waals surface area contributed by atoms with Gasteiger partial charge < -0.3 is 10.1 Å². The second kappa shape index (κ2) is 9.26. The summed E-state index contributed by atoms with van der Waals surface area (Å²) in [6.45, 7) is 1.07. The standard InChI is InChI=1S/C24H20N2O2S/c27-23-22(29-24(26-23)25-16-19-7-3-1-4-8-19)15-18-11-13-21(14-12-18)28-17-20-9-5-2-6-10-20/h1-15H,16-17H2,(H,25,26,27)/b22-15-. The molecule has 4 rings (SSSR count). The van der Waals surface area contributed by atoms with Crippen molar-refractivity contribution in [1.29, 1.82) is 0 Å². The van der Waals surface area contributed by atoms with Gasteiger partial charge in [-0.3, -0.25) is 9.79 Å². The van der Waals surface area contributed by atoms with Crippen LogP contribution in [0, 0.1) is 0 Å². The highest BCUT2D eigenvalue weighted by molar-refractivity contribution is 8.18. The molecule has 0 atom stereocenters. The molecule has 0 aromatic heterocycles. The maximum absolute atomic E-state index is 12.2. The van der Waals surface area contributed by atoms with E-state index in [1.165, 1.54) is 11.8 Å². The van der Waals surface area contributed by atoms with Crippen LogP contribution in [0.25, 0.3) is 6.08 Å². The van der Waals surface area contributed by atoms with Gasteiger partial charge in [0, 0.05) is 0 Å². The van der Waals surface area contributed by atoms with E-state index in [2.05, 4.69) is 10.3 Å². The maximum Gasteiger partial charge on any atom is 0.264 e. The normalized spacial score (nSPS) is 16.2. The molecule has 5 heteroatoms. The van der Waals surface area contributed by atoms with Crippen LogP contribution in [0.1, 0.15) is 16.7 Å². The number of nitrogens with zero attached hydrogens (tertiary/aromatic N) is 1. The van der Waals surface area contributed by atoms with Gasteiger partial charge in [-0.2, -0.15) is 0 Å². The van der Waals surface area contributed by atoms with Crippen LogP contribution in [0.4, 0.5) is 0 Å². The van der Waals surface area contributed by atoms with Gasteiger partial charge in [-0.1, -0.05) is 72.8 Å². The minimum absolute atomic E-state index is 0.119. The lowest BCUT2D eigenvalue weighted by Gasteiger charge is -2.06. The first-order valence-electron chi connectivity index (χ1n) is 9.32. The minimum atomic E-state index is -0.119. The van der Waals surface area contributed by atoms with Crippen molar-refractivity contribution in [2.75, 3.05) is 0 Å². The van der Waals surface area contributed by atoms with Crippen molar-refractivity contribution in [1.82, 2.24) is 5.32 Å². The number of nitrogens with one attached hydrogen (secondary N) is 1. The summed E-state index contributed by atoms with van der Waals surface area (Å²) in [7, 11) is 0. The summed E-state index contributed by atoms with van der Waals surface area (Å²) in [4.78, 5) is 17.3. The van der Waals surface area contributed by atoms with Crippen molar-refractivity contribution in [2.24, 2.45) is 4.99 Å². The van der Waals surface area contributed by atoms with Crippen LogP contribution in [0.2, 0.25) is 0 Å². The van der Waals surface area contributed by atoms with E-state index in [4.69, 9.17) is 4.74 Å². The van der Waals surface area contributed by atoms with E-state index in [0.717, 1.165) is 22.4 Å². The number of aliphatic imine (C=N–C) groups is 1. The maximum atomic E-state index is 12.2. The van der Waals surface area contributed by atoms with Gasteiger partial charge in [0.1, 0.15) is 12.4 Å². The third-order valence-electron chi connectivity index (χ3n) is 4.33. The van der Waals surface area contributed by atoms with Crippen molar-refractivity contribution >= 4 is 28.9 Å². The topological polar surface area (TPSA) is 50.7 Å². The molecular formula is C24H20N2O2S. The fraction of sp³-hybridized carbons (Fsp3) is 0.0833. The highest BCUT2D eigenvalue weighted by Crippen LogP contribution is 2.27. The molecule has 144 valence electrons. The number of hydrogen-bond acceptors (Lipinski definition) is 4. The fourth-order valence-electron chi connectivity index (χ4n) is 2.80. The van der Waals surface area contributed by atoms with Gasteiger partial charge in [0.05, 0.1) is 11.4 Å². The average Bonchev–Trinajstić information content (AvgIpc) is 3.12. The average molecular weight is 401 g/mol. The highest BCUT2D eigenvalue weighted by Gasteiger charge is 2.23. The molecule has 0 unspecified atom stereocenters. The van der Waals surface area contributed by atoms with Gasteiger partial charge in [-0.05, 0) is 46.7 Å². The molecule has 0 spiro atoms. The van der Waals surface area contributed by atoms with E-state index >= 15 is 0 Å². The van der Waals surface area contributed by atoms with E-state index in [1.54, 1.807) is 0 Å². The monoisotopic (exact) mass is 400 g/mol. The summed E-state index contributed by atoms with van der Waals surface area (Å²) in [6.07, 6.45) is 1.87. The second-order valence-corrected chi connectivity index (χ2v) is 7.55. The number of amides is 1. The number of carbonyl (C=O) groups excluding carboxylic acids is 1. The van der Waals surface area contributed by atoms with Crippen LogP contribution < -0.4 is 10.1 Å². The van der Waals surface area contributed by atoms with Crippen LogP contribution in [0.3, 0.4) is 0 Å². The lowest BCUT2D eigenvalue weighted by atomic mass is 10.2. The molecule has 0 bridgehead atoms. The Morgan fingerprint density at radius 3 is 2.21 bits per heavy atom. The van der Waals surface area contributed by atoms with Crippen LogP contribution in [0.5, 0.6) is 5.75 Å². The van der Waals surface area contributed by atoms with E-state index in [1.807, 2.05) is 91.0 Å². The Morgan fingerprint density at radius 1 is 0.862 bits per heavy atom. The van der Waals surface area contributed by atoms with Crippen molar-refractivity contribution in [3.05, 3.63) is 107 Å². The number of hydrogen-bond donors (Lipinski definition) is 1. The second-order valence-electron chi connectivity index (χ2n) is 6.52. The Kier molecular flexibility index (Phi) is 6.07. The molecule has 1 aliphatic rings. The summed E-state index contributed by atoms with van der Waals surface area (Å²) in [5.74, 6) is 0.677. The first-order chi connectivity index (χ1) is 14.3. The molecule has 3 aromatic rings. The van der Waals surface area contributed by atoms with Gasteiger partial charge in [-0.15, -0.1) is 0 Å². The Bertz CT molecular complexity index is 1030. The van der Waals surface area contributed by atoms with Gasteiger partial charge in [-0.25, -0.2) is 0 Å². The lowest BCUT2D eigenvalue weighted by Crippen LogP contribution is -2.19. The van der Waals surface area contributed by atoms with Crippen molar-refractivity contribution in [3.63, 3.8) is 0 Å². The lowest BCUT2D eigenvalue weighted by molar-refractivity contribution is -0.115.